The third-order valence-electron chi connectivity index (χ3n) is 2.14. The van der Waals surface area contributed by atoms with Gasteiger partial charge in [-0.3, -0.25) is 4.79 Å². The van der Waals surface area contributed by atoms with E-state index in [9.17, 15) is 4.79 Å². The molecule has 1 heterocycles. The van der Waals surface area contributed by atoms with Gasteiger partial charge in [-0.15, -0.1) is 0 Å². The minimum Gasteiger partial charge on any atom is -0.373 e. The van der Waals surface area contributed by atoms with Crippen LogP contribution in [0.3, 0.4) is 0 Å². The fraction of sp³-hybridized carbons (Fsp3) is 0.700. The van der Waals surface area contributed by atoms with E-state index in [4.69, 9.17) is 0 Å². The van der Waals surface area contributed by atoms with Crippen molar-refractivity contribution in [1.29, 1.82) is 0 Å². The summed E-state index contributed by atoms with van der Waals surface area (Å²) in [5.74, 6) is 0.349. The molecule has 0 bridgehead atoms. The summed E-state index contributed by atoms with van der Waals surface area (Å²) < 4.78 is 0. The molecule has 0 fully saturated rings. The molecule has 0 unspecified atom stereocenters. The zero-order valence-electron chi connectivity index (χ0n) is 8.25. The molecule has 1 N–H and O–H groups in total. The second kappa shape index (κ2) is 5.62. The molecule has 1 aliphatic rings. The van der Waals surface area contributed by atoms with Crippen molar-refractivity contribution in [2.45, 2.75) is 32.6 Å². The molecule has 1 rings (SSSR count). The number of nitrogens with one attached hydrogen (secondary N) is 1. The molecule has 13 heavy (non-hydrogen) atoms. The normalized spacial score (nSPS) is 14.7. The van der Waals surface area contributed by atoms with Crippen molar-refractivity contribution in [3.63, 3.8) is 0 Å². The van der Waals surface area contributed by atoms with Crippen molar-refractivity contribution in [2.24, 2.45) is 0 Å². The first-order valence-corrected chi connectivity index (χ1v) is 4.98. The lowest BCUT2D eigenvalue weighted by atomic mass is 10.1. The lowest BCUT2D eigenvalue weighted by Crippen LogP contribution is -2.26. The van der Waals surface area contributed by atoms with Crippen LogP contribution in [0.2, 0.25) is 0 Å². The molecule has 0 aromatic heterocycles. The number of carbonyl (C=O) groups is 1. The van der Waals surface area contributed by atoms with Gasteiger partial charge in [-0.05, 0) is 6.42 Å². The predicted molar refractivity (Wildman–Crippen MR) is 53.0 cm³/mol. The second-order valence-corrected chi connectivity index (χ2v) is 3.42. The third kappa shape index (κ3) is 3.97. The molecule has 0 radical (unpaired) electrons. The Morgan fingerprint density at radius 1 is 1.54 bits per heavy atom. The van der Waals surface area contributed by atoms with Crippen LogP contribution >= 0.6 is 0 Å². The molecule has 0 spiro atoms. The van der Waals surface area contributed by atoms with Crippen LogP contribution < -0.4 is 5.32 Å². The van der Waals surface area contributed by atoms with Crippen LogP contribution in [0.4, 0.5) is 0 Å². The van der Waals surface area contributed by atoms with Crippen molar-refractivity contribution < 1.29 is 4.79 Å². The monoisotopic (exact) mass is 182 g/mol. The van der Waals surface area contributed by atoms with E-state index in [0.717, 1.165) is 19.5 Å². The van der Waals surface area contributed by atoms with Gasteiger partial charge >= 0.3 is 0 Å². The number of carbonyl (C=O) groups excluding carboxylic acids is 1. The number of nitrogens with zero attached hydrogens (tertiary/aromatic N) is 1. The summed E-state index contributed by atoms with van der Waals surface area (Å²) in [6.45, 7) is 3.49. The van der Waals surface area contributed by atoms with Gasteiger partial charge in [0, 0.05) is 18.8 Å². The molecular formula is C10H18N2O. The van der Waals surface area contributed by atoms with Crippen LogP contribution in [-0.4, -0.2) is 23.9 Å². The van der Waals surface area contributed by atoms with Gasteiger partial charge in [0.05, 0.1) is 13.2 Å². The molecule has 74 valence electrons. The van der Waals surface area contributed by atoms with Crippen molar-refractivity contribution in [2.75, 3.05) is 13.2 Å². The van der Waals surface area contributed by atoms with Crippen LogP contribution in [0.25, 0.3) is 0 Å². The highest BCUT2D eigenvalue weighted by atomic mass is 16.1. The van der Waals surface area contributed by atoms with Gasteiger partial charge in [0.1, 0.15) is 0 Å². The van der Waals surface area contributed by atoms with Gasteiger partial charge in [0.25, 0.3) is 0 Å². The molecule has 0 aromatic rings. The maximum absolute atomic E-state index is 11.4. The largest absolute Gasteiger partial charge is 0.373 e. The summed E-state index contributed by atoms with van der Waals surface area (Å²) in [6, 6.07) is 0. The van der Waals surface area contributed by atoms with Gasteiger partial charge in [-0.25, -0.2) is 0 Å². The number of unbranched alkanes of at least 4 members (excludes halogenated alkanes) is 2. The highest BCUT2D eigenvalue weighted by Crippen LogP contribution is 2.02. The van der Waals surface area contributed by atoms with Crippen LogP contribution in [-0.2, 0) is 4.79 Å². The van der Waals surface area contributed by atoms with Crippen LogP contribution in [0.5, 0.6) is 0 Å². The van der Waals surface area contributed by atoms with E-state index < -0.39 is 0 Å². The zero-order chi connectivity index (χ0) is 9.52. The molecule has 0 saturated carbocycles. The topological polar surface area (TPSA) is 32.3 Å². The Bertz CT molecular complexity index is 189. The first kappa shape index (κ1) is 10.1. The Hall–Kier alpha value is -0.990. The molecule has 0 amide bonds. The first-order valence-electron chi connectivity index (χ1n) is 4.98. The Balaban J connectivity index is 2.06. The minimum atomic E-state index is 0.349. The predicted octanol–water partition coefficient (Wildman–Crippen LogP) is 1.47. The average Bonchev–Trinajstić information content (AvgIpc) is 2.57. The van der Waals surface area contributed by atoms with Crippen molar-refractivity contribution >= 4 is 5.78 Å². The average molecular weight is 182 g/mol. The molecule has 0 aliphatic carbocycles. The van der Waals surface area contributed by atoms with E-state index in [-0.39, 0.29) is 0 Å². The summed E-state index contributed by atoms with van der Waals surface area (Å²) in [6.07, 6.45) is 7.92. The highest BCUT2D eigenvalue weighted by molar-refractivity contribution is 5.80. The lowest BCUT2D eigenvalue weighted by Gasteiger charge is -2.12. The zero-order valence-corrected chi connectivity index (χ0v) is 8.25. The Kier molecular flexibility index (Phi) is 4.36. The summed E-state index contributed by atoms with van der Waals surface area (Å²) >= 11 is 0. The summed E-state index contributed by atoms with van der Waals surface area (Å²) in [4.78, 5) is 13.4. The van der Waals surface area contributed by atoms with Gasteiger partial charge in [0.15, 0.2) is 5.78 Å². The number of ketones is 1. The minimum absolute atomic E-state index is 0.349. The maximum Gasteiger partial charge on any atom is 0.152 e. The first-order chi connectivity index (χ1) is 6.33. The van der Waals surface area contributed by atoms with E-state index in [1.807, 2.05) is 17.3 Å². The quantitative estimate of drug-likeness (QED) is 0.631. The molecule has 0 atom stereocenters. The molecular weight excluding hydrogens is 164 g/mol. The summed E-state index contributed by atoms with van der Waals surface area (Å²) in [5.41, 5.74) is 0. The Morgan fingerprint density at radius 2 is 2.38 bits per heavy atom. The highest BCUT2D eigenvalue weighted by Gasteiger charge is 2.08. The van der Waals surface area contributed by atoms with Crippen LogP contribution in [0, 0.1) is 0 Å². The summed E-state index contributed by atoms with van der Waals surface area (Å²) in [7, 11) is 0. The van der Waals surface area contributed by atoms with Gasteiger partial charge < -0.3 is 10.2 Å². The molecule has 3 heteroatoms. The van der Waals surface area contributed by atoms with E-state index in [1.165, 1.54) is 12.8 Å². The third-order valence-corrected chi connectivity index (χ3v) is 2.14. The standard InChI is InChI=1S/C10H18N2O/c1-2-3-4-5-10(13)8-12-7-6-11-9-12/h6-7,11H,2-5,8-9H2,1H3. The van der Waals surface area contributed by atoms with Crippen LogP contribution in [0.15, 0.2) is 12.4 Å². The smallest absolute Gasteiger partial charge is 0.152 e. The number of rotatable bonds is 6. The second-order valence-electron chi connectivity index (χ2n) is 3.42. The SMILES string of the molecule is CCCCCC(=O)CN1C=CNC1. The molecule has 0 aromatic carbocycles. The fourth-order valence-electron chi connectivity index (χ4n) is 1.37. The van der Waals surface area contributed by atoms with E-state index >= 15 is 0 Å². The number of Topliss-reactive ketones (excluding diaryl/α,β-unsaturated/α-hetero) is 1. The Morgan fingerprint density at radius 3 is 3.00 bits per heavy atom. The molecule has 3 nitrogen and oxygen atoms in total. The number of hydrogen-bond acceptors (Lipinski definition) is 3. The van der Waals surface area contributed by atoms with Crippen molar-refractivity contribution in [3.05, 3.63) is 12.4 Å². The van der Waals surface area contributed by atoms with E-state index in [1.54, 1.807) is 0 Å². The maximum atomic E-state index is 11.4. The van der Waals surface area contributed by atoms with Crippen LogP contribution in [0.1, 0.15) is 32.6 Å². The van der Waals surface area contributed by atoms with Crippen molar-refractivity contribution in [1.82, 2.24) is 10.2 Å². The van der Waals surface area contributed by atoms with Gasteiger partial charge in [-0.2, -0.15) is 0 Å². The van der Waals surface area contributed by atoms with Gasteiger partial charge in [-0.1, -0.05) is 19.8 Å². The van der Waals surface area contributed by atoms with E-state index in [2.05, 4.69) is 12.2 Å². The Labute approximate surface area is 79.8 Å². The molecule has 1 aliphatic heterocycles. The lowest BCUT2D eigenvalue weighted by molar-refractivity contribution is -0.119. The van der Waals surface area contributed by atoms with Gasteiger partial charge in [0.2, 0.25) is 0 Å². The molecule has 0 saturated heterocycles. The van der Waals surface area contributed by atoms with E-state index in [0.29, 0.717) is 12.3 Å². The fourth-order valence-corrected chi connectivity index (χ4v) is 1.37. The number of hydrogen-bond donors (Lipinski definition) is 1. The van der Waals surface area contributed by atoms with Crippen molar-refractivity contribution in [3.8, 4) is 0 Å². The summed E-state index contributed by atoms with van der Waals surface area (Å²) in [5, 5.41) is 3.04.